The maximum atomic E-state index is 5.39. The topological polar surface area (TPSA) is 55.3 Å². The van der Waals surface area contributed by atoms with Gasteiger partial charge in [-0.05, 0) is 13.8 Å². The minimum Gasteiger partial charge on any atom is -0.403 e. The Kier molecular flexibility index (Phi) is 3.03. The highest BCUT2D eigenvalue weighted by Gasteiger charge is 1.93. The first-order valence-corrected chi connectivity index (χ1v) is 2.60. The van der Waals surface area contributed by atoms with Gasteiger partial charge in [-0.2, -0.15) is 0 Å². The van der Waals surface area contributed by atoms with Crippen molar-refractivity contribution in [2.75, 3.05) is 0 Å². The summed E-state index contributed by atoms with van der Waals surface area (Å²) in [5, 5.41) is 1.54. The molecule has 0 aromatic rings. The molecule has 0 saturated carbocycles. The van der Waals surface area contributed by atoms with Crippen LogP contribution < -0.4 is 11.6 Å². The van der Waals surface area contributed by atoms with E-state index in [1.165, 1.54) is 6.20 Å². The van der Waals surface area contributed by atoms with Crippen molar-refractivity contribution in [3.05, 3.63) is 12.4 Å². The van der Waals surface area contributed by atoms with E-state index in [4.69, 9.17) is 11.6 Å². The Morgan fingerprint density at radius 2 is 2.00 bits per heavy atom. The molecule has 0 fully saturated rings. The van der Waals surface area contributed by atoms with E-state index >= 15 is 0 Å². The SMILES string of the molecule is CC(C)N(N)/C=C\N. The van der Waals surface area contributed by atoms with Crippen LogP contribution in [0.3, 0.4) is 0 Å². The van der Waals surface area contributed by atoms with Crippen LogP contribution in [0.5, 0.6) is 0 Å². The standard InChI is InChI=1S/C5H13N3/c1-5(2)8(7)4-3-6/h3-5H,6-7H2,1-2H3/b4-3-. The van der Waals surface area contributed by atoms with E-state index in [1.807, 2.05) is 13.8 Å². The molecule has 0 spiro atoms. The summed E-state index contributed by atoms with van der Waals surface area (Å²) >= 11 is 0. The van der Waals surface area contributed by atoms with Gasteiger partial charge in [0.1, 0.15) is 0 Å². The van der Waals surface area contributed by atoms with Crippen LogP contribution in [-0.4, -0.2) is 11.1 Å². The zero-order valence-electron chi connectivity index (χ0n) is 5.33. The van der Waals surface area contributed by atoms with Crippen LogP contribution in [0.15, 0.2) is 12.4 Å². The van der Waals surface area contributed by atoms with Gasteiger partial charge < -0.3 is 10.7 Å². The second-order valence-electron chi connectivity index (χ2n) is 1.88. The van der Waals surface area contributed by atoms with Crippen molar-refractivity contribution < 1.29 is 0 Å². The maximum Gasteiger partial charge on any atom is 0.0389 e. The summed E-state index contributed by atoms with van der Waals surface area (Å²) in [5.74, 6) is 5.39. The minimum absolute atomic E-state index is 0.315. The highest BCUT2D eigenvalue weighted by atomic mass is 15.4. The number of rotatable bonds is 2. The first kappa shape index (κ1) is 7.30. The van der Waals surface area contributed by atoms with Crippen LogP contribution in [0.1, 0.15) is 13.8 Å². The fourth-order valence-corrected chi connectivity index (χ4v) is 0.272. The second-order valence-corrected chi connectivity index (χ2v) is 1.88. The normalized spacial score (nSPS) is 11.0. The van der Waals surface area contributed by atoms with Gasteiger partial charge in [-0.15, -0.1) is 0 Å². The van der Waals surface area contributed by atoms with Gasteiger partial charge in [0.05, 0.1) is 0 Å². The molecule has 3 heteroatoms. The molecule has 0 aromatic heterocycles. The average Bonchev–Trinajstić information content (AvgIpc) is 1.67. The van der Waals surface area contributed by atoms with Crippen molar-refractivity contribution in [2.45, 2.75) is 19.9 Å². The van der Waals surface area contributed by atoms with Crippen LogP contribution in [0.2, 0.25) is 0 Å². The molecule has 0 atom stereocenters. The summed E-state index contributed by atoms with van der Waals surface area (Å²) in [6.07, 6.45) is 3.05. The van der Waals surface area contributed by atoms with Crippen molar-refractivity contribution in [2.24, 2.45) is 11.6 Å². The Hall–Kier alpha value is -0.700. The Morgan fingerprint density at radius 1 is 1.50 bits per heavy atom. The molecule has 0 aromatic carbocycles. The molecule has 0 radical (unpaired) electrons. The van der Waals surface area contributed by atoms with Crippen LogP contribution in [0.4, 0.5) is 0 Å². The number of hydrazine groups is 1. The first-order valence-electron chi connectivity index (χ1n) is 2.60. The summed E-state index contributed by atoms with van der Waals surface area (Å²) < 4.78 is 0. The van der Waals surface area contributed by atoms with Crippen molar-refractivity contribution in [3.8, 4) is 0 Å². The van der Waals surface area contributed by atoms with Crippen molar-refractivity contribution in [1.29, 1.82) is 0 Å². The monoisotopic (exact) mass is 115 g/mol. The van der Waals surface area contributed by atoms with E-state index in [9.17, 15) is 0 Å². The van der Waals surface area contributed by atoms with Gasteiger partial charge in [-0.25, -0.2) is 5.84 Å². The van der Waals surface area contributed by atoms with E-state index in [0.717, 1.165) is 0 Å². The van der Waals surface area contributed by atoms with E-state index in [-0.39, 0.29) is 0 Å². The van der Waals surface area contributed by atoms with E-state index in [2.05, 4.69) is 0 Å². The molecule has 0 rings (SSSR count). The van der Waals surface area contributed by atoms with Gasteiger partial charge in [0, 0.05) is 18.4 Å². The van der Waals surface area contributed by atoms with Crippen LogP contribution in [0.25, 0.3) is 0 Å². The predicted molar refractivity (Wildman–Crippen MR) is 34.5 cm³/mol. The Balaban J connectivity index is 3.47. The molecule has 0 aliphatic rings. The fraction of sp³-hybridized carbons (Fsp3) is 0.600. The Labute approximate surface area is 49.9 Å². The number of nitrogens with zero attached hydrogens (tertiary/aromatic N) is 1. The molecule has 0 aliphatic heterocycles. The third-order valence-electron chi connectivity index (χ3n) is 0.854. The smallest absolute Gasteiger partial charge is 0.0389 e. The van der Waals surface area contributed by atoms with Gasteiger partial charge in [0.25, 0.3) is 0 Å². The zero-order valence-corrected chi connectivity index (χ0v) is 5.33. The molecule has 0 heterocycles. The molecule has 8 heavy (non-hydrogen) atoms. The summed E-state index contributed by atoms with van der Waals surface area (Å²) in [7, 11) is 0. The molecule has 3 nitrogen and oxygen atoms in total. The van der Waals surface area contributed by atoms with Crippen molar-refractivity contribution >= 4 is 0 Å². The lowest BCUT2D eigenvalue weighted by Gasteiger charge is -2.16. The van der Waals surface area contributed by atoms with Gasteiger partial charge in [-0.1, -0.05) is 0 Å². The number of nitrogens with two attached hydrogens (primary N) is 2. The van der Waals surface area contributed by atoms with Gasteiger partial charge >= 0.3 is 0 Å². The molecule has 4 N–H and O–H groups in total. The molecule has 0 bridgehead atoms. The molecular weight excluding hydrogens is 102 g/mol. The minimum atomic E-state index is 0.315. The average molecular weight is 115 g/mol. The molecular formula is C5H13N3. The maximum absolute atomic E-state index is 5.39. The van der Waals surface area contributed by atoms with Gasteiger partial charge in [0.15, 0.2) is 0 Å². The quantitative estimate of drug-likeness (QED) is 0.393. The highest BCUT2D eigenvalue weighted by Crippen LogP contribution is 1.87. The second kappa shape index (κ2) is 3.32. The third kappa shape index (κ3) is 2.47. The first-order chi connectivity index (χ1) is 3.68. The Morgan fingerprint density at radius 3 is 2.12 bits per heavy atom. The van der Waals surface area contributed by atoms with Gasteiger partial charge in [0.2, 0.25) is 0 Å². The predicted octanol–water partition coefficient (Wildman–Crippen LogP) is 0.000400. The van der Waals surface area contributed by atoms with Crippen molar-refractivity contribution in [3.63, 3.8) is 0 Å². The zero-order chi connectivity index (χ0) is 6.57. The highest BCUT2D eigenvalue weighted by molar-refractivity contribution is 4.75. The lowest BCUT2D eigenvalue weighted by atomic mass is 10.4. The lowest BCUT2D eigenvalue weighted by Crippen LogP contribution is -2.32. The third-order valence-corrected chi connectivity index (χ3v) is 0.854. The lowest BCUT2D eigenvalue weighted by molar-refractivity contribution is 0.322. The molecule has 48 valence electrons. The van der Waals surface area contributed by atoms with E-state index in [1.54, 1.807) is 11.2 Å². The molecule has 0 saturated heterocycles. The summed E-state index contributed by atoms with van der Waals surface area (Å²) in [5.41, 5.74) is 5.06. The van der Waals surface area contributed by atoms with E-state index in [0.29, 0.717) is 6.04 Å². The van der Waals surface area contributed by atoms with Crippen LogP contribution in [0, 0.1) is 0 Å². The fourth-order valence-electron chi connectivity index (χ4n) is 0.272. The summed E-state index contributed by atoms with van der Waals surface area (Å²) in [6, 6.07) is 0.315. The van der Waals surface area contributed by atoms with Crippen LogP contribution >= 0.6 is 0 Å². The van der Waals surface area contributed by atoms with Gasteiger partial charge in [-0.3, -0.25) is 0 Å². The molecule has 0 amide bonds. The van der Waals surface area contributed by atoms with Crippen LogP contribution in [-0.2, 0) is 0 Å². The Bertz CT molecular complexity index is 77.7. The summed E-state index contributed by atoms with van der Waals surface area (Å²) in [6.45, 7) is 3.97. The largest absolute Gasteiger partial charge is 0.403 e. The summed E-state index contributed by atoms with van der Waals surface area (Å²) in [4.78, 5) is 0. The van der Waals surface area contributed by atoms with E-state index < -0.39 is 0 Å². The number of hydrogen-bond donors (Lipinski definition) is 2. The molecule has 0 unspecified atom stereocenters. The van der Waals surface area contributed by atoms with Crippen molar-refractivity contribution in [1.82, 2.24) is 5.01 Å². The number of hydrogen-bond acceptors (Lipinski definition) is 3. The molecule has 0 aliphatic carbocycles.